The number of alkyl halides is 3. The lowest BCUT2D eigenvalue weighted by Crippen LogP contribution is -2.04. The van der Waals surface area contributed by atoms with Crippen LogP contribution in [0.3, 0.4) is 0 Å². The average molecular weight is 303 g/mol. The second-order valence-electron chi connectivity index (χ2n) is 4.05. The summed E-state index contributed by atoms with van der Waals surface area (Å²) in [4.78, 5) is 0. The molecule has 6 heteroatoms. The van der Waals surface area contributed by atoms with Crippen LogP contribution in [0.5, 0.6) is 11.5 Å². The second-order valence-corrected chi connectivity index (χ2v) is 4.46. The highest BCUT2D eigenvalue weighted by atomic mass is 35.5. The van der Waals surface area contributed by atoms with Crippen molar-refractivity contribution in [2.24, 2.45) is 0 Å². The first-order valence-corrected chi connectivity index (χ1v) is 6.02. The number of hydrogen-bond donors (Lipinski definition) is 1. The molecule has 0 aliphatic heterocycles. The molecule has 0 aliphatic carbocycles. The van der Waals surface area contributed by atoms with Crippen LogP contribution in [0, 0.1) is 0 Å². The maximum Gasteiger partial charge on any atom is 0.416 e. The van der Waals surface area contributed by atoms with E-state index in [2.05, 4.69) is 0 Å². The molecule has 0 saturated heterocycles. The lowest BCUT2D eigenvalue weighted by Gasteiger charge is -2.11. The summed E-state index contributed by atoms with van der Waals surface area (Å²) < 4.78 is 42.9. The minimum Gasteiger partial charge on any atom is -0.456 e. The summed E-state index contributed by atoms with van der Waals surface area (Å²) in [5.74, 6) is 0.507. The Bertz CT molecular complexity index is 612. The van der Waals surface area contributed by atoms with Gasteiger partial charge in [-0.25, -0.2) is 0 Å². The van der Waals surface area contributed by atoms with Crippen LogP contribution in [-0.2, 0) is 12.8 Å². The van der Waals surface area contributed by atoms with Crippen molar-refractivity contribution in [2.75, 3.05) is 0 Å². The van der Waals surface area contributed by atoms with Crippen molar-refractivity contribution in [3.05, 3.63) is 58.6 Å². The van der Waals surface area contributed by atoms with Gasteiger partial charge >= 0.3 is 6.18 Å². The molecule has 20 heavy (non-hydrogen) atoms. The van der Waals surface area contributed by atoms with E-state index in [9.17, 15) is 13.2 Å². The second kappa shape index (κ2) is 5.73. The highest BCUT2D eigenvalue weighted by molar-refractivity contribution is 6.32. The van der Waals surface area contributed by atoms with E-state index in [-0.39, 0.29) is 17.4 Å². The molecular formula is C14H10ClF3O2. The normalized spacial score (nSPS) is 11.4. The third-order valence-electron chi connectivity index (χ3n) is 2.57. The van der Waals surface area contributed by atoms with Crippen molar-refractivity contribution >= 4 is 11.6 Å². The fraction of sp³-hybridized carbons (Fsp3) is 0.143. The fourth-order valence-corrected chi connectivity index (χ4v) is 1.81. The van der Waals surface area contributed by atoms with Gasteiger partial charge in [-0.05, 0) is 35.9 Å². The van der Waals surface area contributed by atoms with Crippen molar-refractivity contribution in [1.82, 2.24) is 0 Å². The highest BCUT2D eigenvalue weighted by Gasteiger charge is 2.31. The zero-order valence-electron chi connectivity index (χ0n) is 10.1. The van der Waals surface area contributed by atoms with E-state index >= 15 is 0 Å². The largest absolute Gasteiger partial charge is 0.456 e. The van der Waals surface area contributed by atoms with Crippen molar-refractivity contribution in [3.8, 4) is 11.5 Å². The molecule has 1 N–H and O–H groups in total. The van der Waals surface area contributed by atoms with Crippen molar-refractivity contribution < 1.29 is 23.0 Å². The highest BCUT2D eigenvalue weighted by Crippen LogP contribution is 2.36. The predicted molar refractivity (Wildman–Crippen MR) is 68.9 cm³/mol. The molecule has 2 nitrogen and oxygen atoms in total. The summed E-state index contributed by atoms with van der Waals surface area (Å²) in [5, 5.41) is 8.87. The Balaban J connectivity index is 2.25. The fourth-order valence-electron chi connectivity index (χ4n) is 1.59. The third-order valence-corrected chi connectivity index (χ3v) is 2.86. The molecule has 0 saturated carbocycles. The van der Waals surface area contributed by atoms with Crippen LogP contribution in [-0.4, -0.2) is 5.11 Å². The molecule has 0 bridgehead atoms. The first kappa shape index (κ1) is 14.7. The Labute approximate surface area is 118 Å². The molecule has 0 amide bonds. The quantitative estimate of drug-likeness (QED) is 0.894. The van der Waals surface area contributed by atoms with Crippen LogP contribution in [0.2, 0.25) is 5.02 Å². The van der Waals surface area contributed by atoms with Gasteiger partial charge in [0.05, 0.1) is 17.2 Å². The van der Waals surface area contributed by atoms with Gasteiger partial charge in [-0.2, -0.15) is 13.2 Å². The molecule has 0 heterocycles. The van der Waals surface area contributed by atoms with E-state index in [1.54, 1.807) is 24.3 Å². The number of hydrogen-bond acceptors (Lipinski definition) is 2. The van der Waals surface area contributed by atoms with E-state index in [4.69, 9.17) is 21.4 Å². The van der Waals surface area contributed by atoms with E-state index in [0.29, 0.717) is 11.3 Å². The van der Waals surface area contributed by atoms with Crippen LogP contribution < -0.4 is 4.74 Å². The summed E-state index contributed by atoms with van der Waals surface area (Å²) in [6.45, 7) is -0.155. The van der Waals surface area contributed by atoms with Gasteiger partial charge in [-0.15, -0.1) is 0 Å². The zero-order valence-corrected chi connectivity index (χ0v) is 10.9. The zero-order chi connectivity index (χ0) is 14.8. The van der Waals surface area contributed by atoms with Gasteiger partial charge < -0.3 is 9.84 Å². The molecule has 2 rings (SSSR count). The first-order valence-electron chi connectivity index (χ1n) is 5.64. The topological polar surface area (TPSA) is 29.5 Å². The van der Waals surface area contributed by atoms with Gasteiger partial charge in [0, 0.05) is 0 Å². The molecule has 106 valence electrons. The SMILES string of the molecule is OCc1cccc(Oc2ccc(C(F)(F)F)cc2Cl)c1. The molecular weight excluding hydrogens is 293 g/mol. The number of aliphatic hydroxyl groups is 1. The Morgan fingerprint density at radius 2 is 1.85 bits per heavy atom. The number of rotatable bonds is 3. The average Bonchev–Trinajstić information content (AvgIpc) is 2.40. The summed E-state index contributed by atoms with van der Waals surface area (Å²) in [6.07, 6.45) is -4.45. The van der Waals surface area contributed by atoms with E-state index in [1.165, 1.54) is 0 Å². The molecule has 0 radical (unpaired) electrons. The molecule has 0 spiro atoms. The van der Waals surface area contributed by atoms with Crippen LogP contribution >= 0.6 is 11.6 Å². The van der Waals surface area contributed by atoms with E-state index < -0.39 is 11.7 Å². The van der Waals surface area contributed by atoms with Crippen molar-refractivity contribution in [2.45, 2.75) is 12.8 Å². The third kappa shape index (κ3) is 3.43. The van der Waals surface area contributed by atoms with Gasteiger partial charge in [0.25, 0.3) is 0 Å². The maximum absolute atomic E-state index is 12.5. The molecule has 2 aromatic rings. The van der Waals surface area contributed by atoms with Gasteiger partial charge in [-0.3, -0.25) is 0 Å². The number of halogens is 4. The van der Waals surface area contributed by atoms with Crippen LogP contribution in [0.25, 0.3) is 0 Å². The Morgan fingerprint density at radius 3 is 2.45 bits per heavy atom. The maximum atomic E-state index is 12.5. The summed E-state index contributed by atoms with van der Waals surface area (Å²) in [7, 11) is 0. The number of aliphatic hydroxyl groups excluding tert-OH is 1. The molecule has 0 fully saturated rings. The van der Waals surface area contributed by atoms with Gasteiger partial charge in [0.2, 0.25) is 0 Å². The monoisotopic (exact) mass is 302 g/mol. The predicted octanol–water partition coefficient (Wildman–Crippen LogP) is 4.64. The smallest absolute Gasteiger partial charge is 0.416 e. The summed E-state index contributed by atoms with van der Waals surface area (Å²) >= 11 is 5.78. The van der Waals surface area contributed by atoms with Crippen LogP contribution in [0.4, 0.5) is 13.2 Å². The minimum atomic E-state index is -4.45. The molecule has 0 atom stereocenters. The Morgan fingerprint density at radius 1 is 1.10 bits per heavy atom. The van der Waals surface area contributed by atoms with Crippen LogP contribution in [0.1, 0.15) is 11.1 Å². The molecule has 0 unspecified atom stereocenters. The van der Waals surface area contributed by atoms with Gasteiger partial charge in [-0.1, -0.05) is 23.7 Å². The molecule has 2 aromatic carbocycles. The van der Waals surface area contributed by atoms with Gasteiger partial charge in [0.15, 0.2) is 0 Å². The summed E-state index contributed by atoms with van der Waals surface area (Å²) in [5.41, 5.74) is -0.204. The molecule has 0 aromatic heterocycles. The lowest BCUT2D eigenvalue weighted by atomic mass is 10.2. The van der Waals surface area contributed by atoms with Gasteiger partial charge in [0.1, 0.15) is 11.5 Å². The van der Waals surface area contributed by atoms with Crippen molar-refractivity contribution in [3.63, 3.8) is 0 Å². The first-order chi connectivity index (χ1) is 9.40. The number of ether oxygens (including phenoxy) is 1. The standard InChI is InChI=1S/C14H10ClF3O2/c15-12-7-10(14(16,17)18)4-5-13(12)20-11-3-1-2-9(6-11)8-19/h1-7,19H,8H2. The summed E-state index contributed by atoms with van der Waals surface area (Å²) in [6, 6.07) is 9.43. The Kier molecular flexibility index (Phi) is 4.20. The number of benzene rings is 2. The minimum absolute atomic E-state index is 0.120. The lowest BCUT2D eigenvalue weighted by molar-refractivity contribution is -0.137. The van der Waals surface area contributed by atoms with Crippen molar-refractivity contribution in [1.29, 1.82) is 0 Å². The molecule has 0 aliphatic rings. The van der Waals surface area contributed by atoms with E-state index in [1.807, 2.05) is 0 Å². The Hall–Kier alpha value is -1.72. The van der Waals surface area contributed by atoms with Crippen LogP contribution in [0.15, 0.2) is 42.5 Å². The van der Waals surface area contributed by atoms with E-state index in [0.717, 1.165) is 18.2 Å².